The van der Waals surface area contributed by atoms with Crippen LogP contribution in [0.15, 0.2) is 30.5 Å². The third-order valence-corrected chi connectivity index (χ3v) is 4.23. The number of pyridine rings is 1. The van der Waals surface area contributed by atoms with Gasteiger partial charge in [-0.1, -0.05) is 0 Å². The number of nitrogens with zero attached hydrogens (tertiary/aromatic N) is 4. The molecule has 3 aromatic heterocycles. The third kappa shape index (κ3) is 2.46. The molecule has 0 radical (unpaired) electrons. The standard InChI is InChI=1S/C15H18N4S/c1-11-6-7-13(20-11)15-17-12-5-4-8-16-14(12)19(15)10-9-18(2)3/h4-8H,9-10H2,1-3H3. The van der Waals surface area contributed by atoms with Crippen LogP contribution in [0.25, 0.3) is 21.9 Å². The second-order valence-electron chi connectivity index (χ2n) is 5.15. The first-order valence-electron chi connectivity index (χ1n) is 6.68. The van der Waals surface area contributed by atoms with Crippen molar-refractivity contribution in [3.63, 3.8) is 0 Å². The van der Waals surface area contributed by atoms with E-state index >= 15 is 0 Å². The minimum absolute atomic E-state index is 0.896. The molecule has 0 aliphatic heterocycles. The van der Waals surface area contributed by atoms with Crippen molar-refractivity contribution in [2.24, 2.45) is 0 Å². The van der Waals surface area contributed by atoms with Gasteiger partial charge in [0.15, 0.2) is 11.5 Å². The van der Waals surface area contributed by atoms with E-state index in [-0.39, 0.29) is 0 Å². The molecule has 0 aliphatic carbocycles. The summed E-state index contributed by atoms with van der Waals surface area (Å²) in [7, 11) is 4.17. The van der Waals surface area contributed by atoms with Gasteiger partial charge in [-0.25, -0.2) is 9.97 Å². The summed E-state index contributed by atoms with van der Waals surface area (Å²) in [5, 5.41) is 0. The SMILES string of the molecule is Cc1ccc(-c2nc3cccnc3n2CCN(C)C)s1. The number of thiophene rings is 1. The molecule has 0 bridgehead atoms. The van der Waals surface area contributed by atoms with Crippen LogP contribution in [0.3, 0.4) is 0 Å². The van der Waals surface area contributed by atoms with Crippen molar-refractivity contribution in [3.05, 3.63) is 35.3 Å². The van der Waals surface area contributed by atoms with Crippen LogP contribution in [0.5, 0.6) is 0 Å². The van der Waals surface area contributed by atoms with Crippen LogP contribution in [0, 0.1) is 6.92 Å². The van der Waals surface area contributed by atoms with Crippen molar-refractivity contribution < 1.29 is 0 Å². The molecule has 0 atom stereocenters. The highest BCUT2D eigenvalue weighted by molar-refractivity contribution is 7.15. The summed E-state index contributed by atoms with van der Waals surface area (Å²) in [6.07, 6.45) is 1.83. The number of rotatable bonds is 4. The van der Waals surface area contributed by atoms with Gasteiger partial charge in [0.25, 0.3) is 0 Å². The van der Waals surface area contributed by atoms with Crippen LogP contribution in [0.2, 0.25) is 0 Å². The van der Waals surface area contributed by atoms with Gasteiger partial charge in [0.1, 0.15) is 5.52 Å². The Bertz CT molecular complexity index is 726. The van der Waals surface area contributed by atoms with Crippen molar-refractivity contribution in [2.45, 2.75) is 13.5 Å². The van der Waals surface area contributed by atoms with E-state index in [9.17, 15) is 0 Å². The van der Waals surface area contributed by atoms with E-state index in [4.69, 9.17) is 4.98 Å². The molecule has 20 heavy (non-hydrogen) atoms. The molecule has 0 fully saturated rings. The molecule has 3 rings (SSSR count). The molecular formula is C15H18N4S. The lowest BCUT2D eigenvalue weighted by Crippen LogP contribution is -2.19. The fraction of sp³-hybridized carbons (Fsp3) is 0.333. The highest BCUT2D eigenvalue weighted by Gasteiger charge is 2.14. The lowest BCUT2D eigenvalue weighted by atomic mass is 10.4. The van der Waals surface area contributed by atoms with Gasteiger partial charge < -0.3 is 9.47 Å². The maximum atomic E-state index is 4.77. The van der Waals surface area contributed by atoms with Crippen LogP contribution in [0.1, 0.15) is 4.88 Å². The van der Waals surface area contributed by atoms with Gasteiger partial charge >= 0.3 is 0 Å². The van der Waals surface area contributed by atoms with Gasteiger partial charge in [-0.2, -0.15) is 0 Å². The highest BCUT2D eigenvalue weighted by Crippen LogP contribution is 2.29. The van der Waals surface area contributed by atoms with Gasteiger partial charge in [-0.05, 0) is 45.3 Å². The predicted molar refractivity (Wildman–Crippen MR) is 84.1 cm³/mol. The quantitative estimate of drug-likeness (QED) is 0.739. The van der Waals surface area contributed by atoms with E-state index < -0.39 is 0 Å². The summed E-state index contributed by atoms with van der Waals surface area (Å²) in [5.41, 5.74) is 1.93. The summed E-state index contributed by atoms with van der Waals surface area (Å²) < 4.78 is 2.22. The number of hydrogen-bond donors (Lipinski definition) is 0. The number of likely N-dealkylation sites (N-methyl/N-ethyl adjacent to an activating group) is 1. The number of aryl methyl sites for hydroxylation is 1. The maximum absolute atomic E-state index is 4.77. The van der Waals surface area contributed by atoms with E-state index in [1.54, 1.807) is 11.3 Å². The second-order valence-corrected chi connectivity index (χ2v) is 6.43. The van der Waals surface area contributed by atoms with Crippen molar-refractivity contribution in [2.75, 3.05) is 20.6 Å². The van der Waals surface area contributed by atoms with E-state index in [0.29, 0.717) is 0 Å². The van der Waals surface area contributed by atoms with Crippen LogP contribution in [0.4, 0.5) is 0 Å². The zero-order valence-corrected chi connectivity index (χ0v) is 12.8. The van der Waals surface area contributed by atoms with Gasteiger partial charge in [0.05, 0.1) is 4.88 Å². The van der Waals surface area contributed by atoms with E-state index in [0.717, 1.165) is 30.1 Å². The molecule has 5 heteroatoms. The Kier molecular flexibility index (Phi) is 3.54. The number of aromatic nitrogens is 3. The molecule has 0 spiro atoms. The molecule has 0 aromatic carbocycles. The topological polar surface area (TPSA) is 34.0 Å². The Morgan fingerprint density at radius 2 is 2.10 bits per heavy atom. The summed E-state index contributed by atoms with van der Waals surface area (Å²) >= 11 is 1.78. The Labute approximate surface area is 122 Å². The fourth-order valence-electron chi connectivity index (χ4n) is 2.21. The lowest BCUT2D eigenvalue weighted by Gasteiger charge is -2.12. The molecule has 3 heterocycles. The van der Waals surface area contributed by atoms with Gasteiger partial charge in [-0.3, -0.25) is 0 Å². The van der Waals surface area contributed by atoms with Crippen LogP contribution >= 0.6 is 11.3 Å². The maximum Gasteiger partial charge on any atom is 0.160 e. The Morgan fingerprint density at radius 1 is 1.25 bits per heavy atom. The Balaban J connectivity index is 2.12. The second kappa shape index (κ2) is 5.34. The first-order chi connectivity index (χ1) is 9.65. The summed E-state index contributed by atoms with van der Waals surface area (Å²) in [6, 6.07) is 8.25. The monoisotopic (exact) mass is 286 g/mol. The molecular weight excluding hydrogens is 268 g/mol. The van der Waals surface area contributed by atoms with Gasteiger partial charge in [0, 0.05) is 24.2 Å². The number of hydrogen-bond acceptors (Lipinski definition) is 4. The van der Waals surface area contributed by atoms with Gasteiger partial charge in [0.2, 0.25) is 0 Å². The van der Waals surface area contributed by atoms with E-state index in [2.05, 4.69) is 47.6 Å². The fourth-order valence-corrected chi connectivity index (χ4v) is 3.08. The molecule has 0 N–H and O–H groups in total. The van der Waals surface area contributed by atoms with Crippen LogP contribution in [-0.4, -0.2) is 40.1 Å². The Hall–Kier alpha value is -1.72. The van der Waals surface area contributed by atoms with Crippen molar-refractivity contribution in [1.29, 1.82) is 0 Å². The minimum atomic E-state index is 0.896. The minimum Gasteiger partial charge on any atom is -0.308 e. The predicted octanol–water partition coefficient (Wildman–Crippen LogP) is 3.03. The van der Waals surface area contributed by atoms with E-state index in [1.165, 1.54) is 9.75 Å². The average Bonchev–Trinajstić information content (AvgIpc) is 2.99. The van der Waals surface area contributed by atoms with Gasteiger partial charge in [-0.15, -0.1) is 11.3 Å². The molecule has 0 unspecified atom stereocenters. The normalized spacial score (nSPS) is 11.6. The molecule has 0 amide bonds. The molecule has 0 saturated heterocycles. The Morgan fingerprint density at radius 3 is 2.80 bits per heavy atom. The largest absolute Gasteiger partial charge is 0.308 e. The third-order valence-electron chi connectivity index (χ3n) is 3.24. The molecule has 0 aliphatic rings. The molecule has 0 saturated carbocycles. The molecule has 3 aromatic rings. The highest BCUT2D eigenvalue weighted by atomic mass is 32.1. The summed E-state index contributed by atoms with van der Waals surface area (Å²) in [6.45, 7) is 3.99. The zero-order chi connectivity index (χ0) is 14.1. The van der Waals surface area contributed by atoms with Crippen LogP contribution in [-0.2, 0) is 6.54 Å². The lowest BCUT2D eigenvalue weighted by molar-refractivity contribution is 0.387. The van der Waals surface area contributed by atoms with E-state index in [1.807, 2.05) is 18.3 Å². The molecule has 104 valence electrons. The average molecular weight is 286 g/mol. The number of imidazole rings is 1. The first-order valence-corrected chi connectivity index (χ1v) is 7.49. The number of fused-ring (bicyclic) bond motifs is 1. The summed E-state index contributed by atoms with van der Waals surface area (Å²) in [4.78, 5) is 14.0. The first kappa shape index (κ1) is 13.3. The van der Waals surface area contributed by atoms with Crippen molar-refractivity contribution in [1.82, 2.24) is 19.4 Å². The molecule has 4 nitrogen and oxygen atoms in total. The zero-order valence-electron chi connectivity index (χ0n) is 12.0. The van der Waals surface area contributed by atoms with Crippen molar-refractivity contribution >= 4 is 22.5 Å². The smallest absolute Gasteiger partial charge is 0.160 e. The summed E-state index contributed by atoms with van der Waals surface area (Å²) in [5.74, 6) is 1.03. The van der Waals surface area contributed by atoms with Crippen LogP contribution < -0.4 is 0 Å². The van der Waals surface area contributed by atoms with Crippen molar-refractivity contribution in [3.8, 4) is 10.7 Å².